The van der Waals surface area contributed by atoms with Crippen LogP contribution in [0.3, 0.4) is 0 Å². The van der Waals surface area contributed by atoms with E-state index in [9.17, 15) is 0 Å². The van der Waals surface area contributed by atoms with E-state index >= 15 is 0 Å². The second-order valence-electron chi connectivity index (χ2n) is 1.96. The van der Waals surface area contributed by atoms with Gasteiger partial charge in [-0.15, -0.1) is 0 Å². The summed E-state index contributed by atoms with van der Waals surface area (Å²) in [5.74, 6) is 0.784. The summed E-state index contributed by atoms with van der Waals surface area (Å²) in [7, 11) is 0. The number of nitrogens with zero attached hydrogens (tertiary/aromatic N) is 2. The molecule has 1 heterocycles. The molecule has 1 aliphatic heterocycles. The minimum atomic E-state index is 0.784. The summed E-state index contributed by atoms with van der Waals surface area (Å²) in [6.45, 7) is 5.62. The van der Waals surface area contributed by atoms with Gasteiger partial charge in [-0.1, -0.05) is 31.3 Å². The molecular weight excluding hydrogens is 156 g/mol. The zero-order valence-electron chi connectivity index (χ0n) is 6.45. The van der Waals surface area contributed by atoms with Gasteiger partial charge in [0, 0.05) is 6.20 Å². The molecule has 58 valence electrons. The minimum absolute atomic E-state index is 0.784. The number of hydrogen-bond donors (Lipinski definition) is 0. The standard InChI is InChI=1S/C8H10N2S/c1-3-5-7-8(9-4-2)10-6-11-7/h4-6H,2-3H2,1H3/b7-5+,9-8?. The number of hydrogen-bond acceptors (Lipinski definition) is 2. The van der Waals surface area contributed by atoms with E-state index in [4.69, 9.17) is 0 Å². The zero-order valence-corrected chi connectivity index (χ0v) is 7.27. The molecule has 0 spiro atoms. The van der Waals surface area contributed by atoms with Gasteiger partial charge in [-0.25, -0.2) is 9.98 Å². The van der Waals surface area contributed by atoms with Gasteiger partial charge in [0.1, 0.15) is 0 Å². The van der Waals surface area contributed by atoms with Gasteiger partial charge in [0.25, 0.3) is 0 Å². The highest BCUT2D eigenvalue weighted by atomic mass is 32.2. The smallest absolute Gasteiger partial charge is 0.166 e. The fourth-order valence-electron chi connectivity index (χ4n) is 0.758. The molecule has 3 heteroatoms. The molecule has 0 unspecified atom stereocenters. The maximum atomic E-state index is 4.07. The molecule has 11 heavy (non-hydrogen) atoms. The van der Waals surface area contributed by atoms with E-state index in [1.807, 2.05) is 0 Å². The molecule has 2 nitrogen and oxygen atoms in total. The van der Waals surface area contributed by atoms with E-state index in [2.05, 4.69) is 29.6 Å². The molecule has 0 aromatic carbocycles. The van der Waals surface area contributed by atoms with Gasteiger partial charge in [-0.05, 0) is 6.42 Å². The molecule has 1 rings (SSSR count). The topological polar surface area (TPSA) is 24.7 Å². The van der Waals surface area contributed by atoms with Crippen LogP contribution >= 0.6 is 11.8 Å². The van der Waals surface area contributed by atoms with Gasteiger partial charge in [-0.3, -0.25) is 0 Å². The van der Waals surface area contributed by atoms with Crippen molar-refractivity contribution in [3.63, 3.8) is 0 Å². The minimum Gasteiger partial charge on any atom is -0.237 e. The van der Waals surface area contributed by atoms with Gasteiger partial charge in [0.05, 0.1) is 10.5 Å². The van der Waals surface area contributed by atoms with Crippen molar-refractivity contribution >= 4 is 23.1 Å². The van der Waals surface area contributed by atoms with E-state index in [-0.39, 0.29) is 0 Å². The molecule has 0 atom stereocenters. The van der Waals surface area contributed by atoms with Gasteiger partial charge >= 0.3 is 0 Å². The fraction of sp³-hybridized carbons (Fsp3) is 0.250. The van der Waals surface area contributed by atoms with Crippen LogP contribution in [0, 0.1) is 0 Å². The van der Waals surface area contributed by atoms with Crippen molar-refractivity contribution in [2.24, 2.45) is 9.98 Å². The number of rotatable bonds is 2. The van der Waals surface area contributed by atoms with Crippen molar-refractivity contribution in [1.82, 2.24) is 0 Å². The lowest BCUT2D eigenvalue weighted by Crippen LogP contribution is -1.88. The van der Waals surface area contributed by atoms with Crippen molar-refractivity contribution in [2.45, 2.75) is 13.3 Å². The lowest BCUT2D eigenvalue weighted by molar-refractivity contribution is 1.22. The molecule has 0 saturated heterocycles. The Hall–Kier alpha value is -0.830. The van der Waals surface area contributed by atoms with E-state index in [0.29, 0.717) is 0 Å². The van der Waals surface area contributed by atoms with Crippen LogP contribution in [0.25, 0.3) is 0 Å². The number of amidine groups is 1. The van der Waals surface area contributed by atoms with Crippen LogP contribution in [0.2, 0.25) is 0 Å². The van der Waals surface area contributed by atoms with Crippen molar-refractivity contribution in [3.8, 4) is 0 Å². The fourth-order valence-corrected chi connectivity index (χ4v) is 1.50. The highest BCUT2D eigenvalue weighted by molar-refractivity contribution is 8.16. The Morgan fingerprint density at radius 1 is 1.82 bits per heavy atom. The monoisotopic (exact) mass is 166 g/mol. The Morgan fingerprint density at radius 3 is 3.27 bits per heavy atom. The zero-order chi connectivity index (χ0) is 8.10. The van der Waals surface area contributed by atoms with Gasteiger partial charge in [0.15, 0.2) is 5.84 Å². The van der Waals surface area contributed by atoms with Crippen molar-refractivity contribution < 1.29 is 0 Å². The lowest BCUT2D eigenvalue weighted by atomic mass is 10.4. The highest BCUT2D eigenvalue weighted by Crippen LogP contribution is 2.22. The summed E-state index contributed by atoms with van der Waals surface area (Å²) >= 11 is 1.61. The molecule has 0 bridgehead atoms. The summed E-state index contributed by atoms with van der Waals surface area (Å²) in [6, 6.07) is 0. The maximum Gasteiger partial charge on any atom is 0.166 e. The third kappa shape index (κ3) is 2.05. The largest absolute Gasteiger partial charge is 0.237 e. The first-order valence-electron chi connectivity index (χ1n) is 3.47. The van der Waals surface area contributed by atoms with Crippen LogP contribution in [0.5, 0.6) is 0 Å². The second-order valence-corrected chi connectivity index (χ2v) is 2.85. The number of allylic oxidation sites excluding steroid dienone is 1. The predicted octanol–water partition coefficient (Wildman–Crippen LogP) is 2.60. The molecule has 0 aromatic rings. The maximum absolute atomic E-state index is 4.07. The molecule has 0 radical (unpaired) electrons. The molecule has 0 fully saturated rings. The molecule has 0 N–H and O–H groups in total. The predicted molar refractivity (Wildman–Crippen MR) is 52.1 cm³/mol. The average Bonchev–Trinajstić information content (AvgIpc) is 2.39. The van der Waals surface area contributed by atoms with Crippen molar-refractivity contribution in [2.75, 3.05) is 0 Å². The normalized spacial score (nSPS) is 23.4. The third-order valence-electron chi connectivity index (χ3n) is 1.18. The second kappa shape index (κ2) is 4.13. The highest BCUT2D eigenvalue weighted by Gasteiger charge is 2.09. The first kappa shape index (κ1) is 8.27. The summed E-state index contributed by atoms with van der Waals surface area (Å²) in [5, 5.41) is 0. The van der Waals surface area contributed by atoms with E-state index in [0.717, 1.165) is 17.2 Å². The van der Waals surface area contributed by atoms with E-state index in [1.165, 1.54) is 6.20 Å². The molecule has 0 aliphatic carbocycles. The number of aliphatic imine (C=N–C) groups is 2. The quantitative estimate of drug-likeness (QED) is 0.618. The Morgan fingerprint density at radius 2 is 2.64 bits per heavy atom. The molecule has 0 saturated carbocycles. The average molecular weight is 166 g/mol. The van der Waals surface area contributed by atoms with Crippen LogP contribution < -0.4 is 0 Å². The summed E-state index contributed by atoms with van der Waals surface area (Å²) in [5.41, 5.74) is 1.80. The Labute approximate surface area is 70.8 Å². The van der Waals surface area contributed by atoms with E-state index < -0.39 is 0 Å². The Kier molecular flexibility index (Phi) is 3.11. The first-order valence-corrected chi connectivity index (χ1v) is 4.35. The summed E-state index contributed by atoms with van der Waals surface area (Å²) in [4.78, 5) is 9.22. The van der Waals surface area contributed by atoms with Crippen LogP contribution in [0.1, 0.15) is 13.3 Å². The van der Waals surface area contributed by atoms with Crippen LogP contribution in [-0.2, 0) is 0 Å². The lowest BCUT2D eigenvalue weighted by Gasteiger charge is -1.92. The summed E-state index contributed by atoms with van der Waals surface area (Å²) in [6.07, 6.45) is 4.64. The Balaban J connectivity index is 2.79. The Bertz CT molecular complexity index is 238. The van der Waals surface area contributed by atoms with Crippen molar-refractivity contribution in [1.29, 1.82) is 0 Å². The van der Waals surface area contributed by atoms with Gasteiger partial charge in [0.2, 0.25) is 0 Å². The molecule has 1 aliphatic rings. The first-order chi connectivity index (χ1) is 5.38. The summed E-state index contributed by atoms with van der Waals surface area (Å²) < 4.78 is 0. The third-order valence-corrected chi connectivity index (χ3v) is 1.99. The number of thioether (sulfide) groups is 1. The van der Waals surface area contributed by atoms with Crippen LogP contribution in [-0.4, -0.2) is 11.4 Å². The van der Waals surface area contributed by atoms with Crippen molar-refractivity contribution in [3.05, 3.63) is 23.8 Å². The molecule has 0 amide bonds. The van der Waals surface area contributed by atoms with Gasteiger partial charge in [-0.2, -0.15) is 0 Å². The van der Waals surface area contributed by atoms with Gasteiger partial charge < -0.3 is 0 Å². The SMILES string of the molecule is C=CN=C1N=CS/C1=C/CC. The van der Waals surface area contributed by atoms with Crippen LogP contribution in [0.15, 0.2) is 33.7 Å². The van der Waals surface area contributed by atoms with Crippen LogP contribution in [0.4, 0.5) is 0 Å². The molecule has 0 aromatic heterocycles. The molecular formula is C8H10N2S. The van der Waals surface area contributed by atoms with E-state index in [1.54, 1.807) is 17.3 Å².